The van der Waals surface area contributed by atoms with Crippen molar-refractivity contribution >= 4 is 17.0 Å². The lowest BCUT2D eigenvalue weighted by atomic mass is 10.1. The molecule has 164 valence electrons. The summed E-state index contributed by atoms with van der Waals surface area (Å²) in [6.07, 6.45) is 8.25. The zero-order valence-electron chi connectivity index (χ0n) is 18.0. The molecule has 3 aromatic heterocycles. The number of anilines is 1. The molecule has 3 heterocycles. The van der Waals surface area contributed by atoms with Crippen LogP contribution in [0.2, 0.25) is 0 Å². The number of ether oxygens (including phenoxy) is 1. The number of nitrogens with two attached hydrogens (primary N) is 1. The quantitative estimate of drug-likeness (QED) is 0.437. The summed E-state index contributed by atoms with van der Waals surface area (Å²) in [7, 11) is 0. The van der Waals surface area contributed by atoms with Crippen molar-refractivity contribution in [2.24, 2.45) is 5.92 Å². The zero-order chi connectivity index (χ0) is 22.1. The van der Waals surface area contributed by atoms with Gasteiger partial charge < -0.3 is 15.5 Å². The second kappa shape index (κ2) is 8.45. The number of benzene rings is 1. The Labute approximate surface area is 185 Å². The Morgan fingerprint density at radius 3 is 2.62 bits per heavy atom. The number of aromatic nitrogens is 5. The summed E-state index contributed by atoms with van der Waals surface area (Å²) in [4.78, 5) is 28.0. The van der Waals surface area contributed by atoms with Crippen molar-refractivity contribution in [1.82, 2.24) is 24.5 Å². The van der Waals surface area contributed by atoms with Crippen LogP contribution < -0.4 is 16.2 Å². The Balaban J connectivity index is 1.24. The maximum absolute atomic E-state index is 12.4. The van der Waals surface area contributed by atoms with Crippen LogP contribution in [0.1, 0.15) is 42.6 Å². The molecule has 8 nitrogen and oxygen atoms in total. The van der Waals surface area contributed by atoms with E-state index in [1.807, 2.05) is 18.2 Å². The van der Waals surface area contributed by atoms with Crippen LogP contribution >= 0.6 is 0 Å². The SMILES string of the molecule is Cc1nc(N)c2[nH]c(=O)n(Cc3ccc(Oc4ccc(CCCC5CC5)cc4)nc3)c2n1. The fourth-order valence-corrected chi connectivity index (χ4v) is 3.91. The molecule has 32 heavy (non-hydrogen) atoms. The Morgan fingerprint density at radius 1 is 1.12 bits per heavy atom. The molecule has 8 heteroatoms. The van der Waals surface area contributed by atoms with Gasteiger partial charge in [0.05, 0.1) is 6.54 Å². The first-order chi connectivity index (χ1) is 15.5. The van der Waals surface area contributed by atoms with Gasteiger partial charge in [0, 0.05) is 12.3 Å². The number of rotatable bonds is 8. The second-order valence-electron chi connectivity index (χ2n) is 8.46. The van der Waals surface area contributed by atoms with Gasteiger partial charge in [-0.25, -0.2) is 19.7 Å². The molecule has 0 radical (unpaired) electrons. The van der Waals surface area contributed by atoms with Crippen LogP contribution in [0.4, 0.5) is 5.82 Å². The van der Waals surface area contributed by atoms with Crippen LogP contribution in [0.15, 0.2) is 47.4 Å². The molecular formula is C24H26N6O2. The molecule has 0 saturated heterocycles. The lowest BCUT2D eigenvalue weighted by Crippen LogP contribution is -2.18. The molecule has 0 atom stereocenters. The smallest absolute Gasteiger partial charge is 0.328 e. The lowest BCUT2D eigenvalue weighted by molar-refractivity contribution is 0.462. The number of pyridine rings is 1. The molecule has 0 bridgehead atoms. The standard InChI is InChI=1S/C24H26N6O2/c1-15-27-22(25)21-23(28-15)30(24(31)29-21)14-18-9-12-20(26-13-18)32-19-10-7-17(8-11-19)4-2-3-16-5-6-16/h7-13,16H,2-6,14H2,1H3,(H,29,31)(H2,25,27,28). The van der Waals surface area contributed by atoms with Crippen LogP contribution in [0.3, 0.4) is 0 Å². The minimum absolute atomic E-state index is 0.263. The average molecular weight is 431 g/mol. The molecule has 0 unspecified atom stereocenters. The molecule has 3 N–H and O–H groups in total. The fraction of sp³-hybridized carbons (Fsp3) is 0.333. The van der Waals surface area contributed by atoms with Gasteiger partial charge in [0.1, 0.15) is 17.1 Å². The number of fused-ring (bicyclic) bond motifs is 1. The summed E-state index contributed by atoms with van der Waals surface area (Å²) in [6, 6.07) is 11.9. The van der Waals surface area contributed by atoms with E-state index in [4.69, 9.17) is 10.5 Å². The maximum Gasteiger partial charge on any atom is 0.328 e. The van der Waals surface area contributed by atoms with Crippen LogP contribution in [0.25, 0.3) is 11.2 Å². The monoisotopic (exact) mass is 430 g/mol. The van der Waals surface area contributed by atoms with Gasteiger partial charge >= 0.3 is 5.69 Å². The predicted molar refractivity (Wildman–Crippen MR) is 123 cm³/mol. The van der Waals surface area contributed by atoms with Gasteiger partial charge in [-0.05, 0) is 48.9 Å². The highest BCUT2D eigenvalue weighted by Crippen LogP contribution is 2.34. The van der Waals surface area contributed by atoms with Crippen LogP contribution in [0, 0.1) is 12.8 Å². The lowest BCUT2D eigenvalue weighted by Gasteiger charge is -2.08. The number of imidazole rings is 1. The van der Waals surface area contributed by atoms with E-state index in [0.29, 0.717) is 29.4 Å². The number of nitrogens with one attached hydrogen (secondary N) is 1. The highest BCUT2D eigenvalue weighted by atomic mass is 16.5. The molecule has 1 saturated carbocycles. The number of hydrogen-bond acceptors (Lipinski definition) is 6. The Kier molecular flexibility index (Phi) is 5.34. The molecule has 1 aromatic carbocycles. The van der Waals surface area contributed by atoms with E-state index in [2.05, 4.69) is 32.1 Å². The summed E-state index contributed by atoms with van der Waals surface area (Å²) >= 11 is 0. The Bertz CT molecular complexity index is 1290. The average Bonchev–Trinajstić information content (AvgIpc) is 3.55. The first-order valence-corrected chi connectivity index (χ1v) is 11.0. The van der Waals surface area contributed by atoms with Crippen LogP contribution in [-0.4, -0.2) is 24.5 Å². The second-order valence-corrected chi connectivity index (χ2v) is 8.46. The number of H-pyrrole nitrogens is 1. The number of aromatic amines is 1. The molecule has 5 rings (SSSR count). The third kappa shape index (κ3) is 4.49. The number of nitrogens with zero attached hydrogens (tertiary/aromatic N) is 4. The number of nitrogen functional groups attached to an aromatic ring is 1. The third-order valence-electron chi connectivity index (χ3n) is 5.82. The summed E-state index contributed by atoms with van der Waals surface area (Å²) in [6.45, 7) is 2.06. The molecule has 0 spiro atoms. The van der Waals surface area contributed by atoms with Crippen molar-refractivity contribution in [3.8, 4) is 11.6 Å². The van der Waals surface area contributed by atoms with Gasteiger partial charge in [-0.1, -0.05) is 37.5 Å². The number of hydrogen-bond donors (Lipinski definition) is 2. The van der Waals surface area contributed by atoms with Crippen LogP contribution in [0.5, 0.6) is 11.6 Å². The Morgan fingerprint density at radius 2 is 1.91 bits per heavy atom. The van der Waals surface area contributed by atoms with Crippen molar-refractivity contribution in [3.63, 3.8) is 0 Å². The van der Waals surface area contributed by atoms with E-state index in [0.717, 1.165) is 23.7 Å². The van der Waals surface area contributed by atoms with Crippen molar-refractivity contribution in [1.29, 1.82) is 0 Å². The van der Waals surface area contributed by atoms with E-state index in [1.165, 1.54) is 35.8 Å². The minimum Gasteiger partial charge on any atom is -0.439 e. The molecule has 1 fully saturated rings. The summed E-state index contributed by atoms with van der Waals surface area (Å²) in [5, 5.41) is 0. The normalized spacial score (nSPS) is 13.5. The summed E-state index contributed by atoms with van der Waals surface area (Å²) in [5.41, 5.74) is 8.74. The molecule has 0 amide bonds. The minimum atomic E-state index is -0.288. The highest BCUT2D eigenvalue weighted by Gasteiger charge is 2.20. The van der Waals surface area contributed by atoms with E-state index >= 15 is 0 Å². The summed E-state index contributed by atoms with van der Waals surface area (Å²) < 4.78 is 7.41. The van der Waals surface area contributed by atoms with Gasteiger partial charge in [0.15, 0.2) is 11.5 Å². The van der Waals surface area contributed by atoms with Crippen molar-refractivity contribution in [2.75, 3.05) is 5.73 Å². The van der Waals surface area contributed by atoms with Crippen molar-refractivity contribution < 1.29 is 4.74 Å². The zero-order valence-corrected chi connectivity index (χ0v) is 18.0. The molecule has 1 aliphatic rings. The van der Waals surface area contributed by atoms with Crippen molar-refractivity contribution in [3.05, 3.63) is 70.0 Å². The number of aryl methyl sites for hydroxylation is 2. The van der Waals surface area contributed by atoms with Gasteiger partial charge in [-0.2, -0.15) is 0 Å². The maximum atomic E-state index is 12.4. The topological polar surface area (TPSA) is 112 Å². The van der Waals surface area contributed by atoms with Gasteiger partial charge in [0.25, 0.3) is 0 Å². The largest absolute Gasteiger partial charge is 0.439 e. The molecule has 4 aromatic rings. The predicted octanol–water partition coefficient (Wildman–Crippen LogP) is 3.98. The van der Waals surface area contributed by atoms with Gasteiger partial charge in [0.2, 0.25) is 5.88 Å². The van der Waals surface area contributed by atoms with Gasteiger partial charge in [-0.3, -0.25) is 4.57 Å². The van der Waals surface area contributed by atoms with E-state index < -0.39 is 0 Å². The van der Waals surface area contributed by atoms with Crippen molar-refractivity contribution in [2.45, 2.75) is 45.6 Å². The van der Waals surface area contributed by atoms with E-state index in [-0.39, 0.29) is 11.5 Å². The van der Waals surface area contributed by atoms with E-state index in [9.17, 15) is 4.79 Å². The third-order valence-corrected chi connectivity index (χ3v) is 5.82. The fourth-order valence-electron chi connectivity index (χ4n) is 3.91. The first-order valence-electron chi connectivity index (χ1n) is 11.0. The first kappa shape index (κ1) is 20.2. The molecule has 1 aliphatic carbocycles. The molecule has 0 aliphatic heterocycles. The Hall–Kier alpha value is -3.68. The highest BCUT2D eigenvalue weighted by molar-refractivity contribution is 5.81. The molecular weight excluding hydrogens is 404 g/mol. The van der Waals surface area contributed by atoms with Gasteiger partial charge in [-0.15, -0.1) is 0 Å². The van der Waals surface area contributed by atoms with E-state index in [1.54, 1.807) is 19.2 Å². The van der Waals surface area contributed by atoms with Crippen LogP contribution in [-0.2, 0) is 13.0 Å². The summed E-state index contributed by atoms with van der Waals surface area (Å²) in [5.74, 6) is 3.02.